The molecule has 20 heavy (non-hydrogen) atoms. The summed E-state index contributed by atoms with van der Waals surface area (Å²) in [6.07, 6.45) is 3.46. The quantitative estimate of drug-likeness (QED) is 0.778. The molecule has 0 aliphatic rings. The second kappa shape index (κ2) is 5.56. The van der Waals surface area contributed by atoms with E-state index in [0.717, 1.165) is 15.4 Å². The highest BCUT2D eigenvalue weighted by molar-refractivity contribution is 7.20. The van der Waals surface area contributed by atoms with Crippen LogP contribution in [0.4, 0.5) is 0 Å². The molecule has 7 heteroatoms. The van der Waals surface area contributed by atoms with Crippen molar-refractivity contribution in [3.8, 4) is 9.88 Å². The number of H-pyrrole nitrogens is 1. The molecular formula is C13H12N4OS2. The molecule has 3 aromatic heterocycles. The van der Waals surface area contributed by atoms with E-state index in [2.05, 4.69) is 20.5 Å². The van der Waals surface area contributed by atoms with Gasteiger partial charge >= 0.3 is 0 Å². The Morgan fingerprint density at radius 2 is 2.35 bits per heavy atom. The first-order valence-electron chi connectivity index (χ1n) is 6.03. The smallest absolute Gasteiger partial charge is 0.271 e. The Balaban J connectivity index is 1.72. The van der Waals surface area contributed by atoms with E-state index in [-0.39, 0.29) is 11.9 Å². The number of rotatable bonds is 4. The summed E-state index contributed by atoms with van der Waals surface area (Å²) in [7, 11) is 0. The van der Waals surface area contributed by atoms with Crippen LogP contribution < -0.4 is 5.32 Å². The summed E-state index contributed by atoms with van der Waals surface area (Å²) in [5.41, 5.74) is 1.39. The topological polar surface area (TPSA) is 70.7 Å². The lowest BCUT2D eigenvalue weighted by atomic mass is 10.2. The fourth-order valence-electron chi connectivity index (χ4n) is 1.74. The molecule has 3 rings (SSSR count). The molecule has 1 atom stereocenters. The van der Waals surface area contributed by atoms with Crippen LogP contribution in [0.1, 0.15) is 29.0 Å². The highest BCUT2D eigenvalue weighted by Crippen LogP contribution is 2.27. The lowest BCUT2D eigenvalue weighted by molar-refractivity contribution is 0.0935. The molecule has 0 aliphatic heterocycles. The molecule has 3 heterocycles. The van der Waals surface area contributed by atoms with Crippen LogP contribution >= 0.6 is 22.7 Å². The maximum absolute atomic E-state index is 12.1. The van der Waals surface area contributed by atoms with Gasteiger partial charge in [0.15, 0.2) is 0 Å². The van der Waals surface area contributed by atoms with Crippen LogP contribution in [0.25, 0.3) is 9.88 Å². The number of thiophene rings is 1. The van der Waals surface area contributed by atoms with Crippen molar-refractivity contribution in [2.45, 2.75) is 13.0 Å². The van der Waals surface area contributed by atoms with Crippen molar-refractivity contribution in [3.63, 3.8) is 0 Å². The molecule has 1 unspecified atom stereocenters. The summed E-state index contributed by atoms with van der Waals surface area (Å²) in [6, 6.07) is 3.87. The normalized spacial score (nSPS) is 12.2. The first kappa shape index (κ1) is 13.0. The number of carbonyl (C=O) groups excluding carboxylic acids is 1. The zero-order valence-corrected chi connectivity index (χ0v) is 12.3. The van der Waals surface area contributed by atoms with Gasteiger partial charge in [-0.05, 0) is 18.4 Å². The first-order chi connectivity index (χ1) is 9.74. The molecule has 0 spiro atoms. The van der Waals surface area contributed by atoms with E-state index in [1.807, 2.05) is 24.4 Å². The predicted octanol–water partition coefficient (Wildman–Crippen LogP) is 3.09. The Morgan fingerprint density at radius 3 is 3.05 bits per heavy atom. The number of hydrogen-bond acceptors (Lipinski definition) is 5. The Hall–Kier alpha value is -1.99. The van der Waals surface area contributed by atoms with Crippen molar-refractivity contribution in [2.75, 3.05) is 0 Å². The number of hydrogen-bond donors (Lipinski definition) is 2. The van der Waals surface area contributed by atoms with Gasteiger partial charge in [-0.15, -0.1) is 22.7 Å². The molecule has 2 N–H and O–H groups in total. The monoisotopic (exact) mass is 304 g/mol. The summed E-state index contributed by atoms with van der Waals surface area (Å²) in [4.78, 5) is 17.6. The maximum atomic E-state index is 12.1. The fraction of sp³-hybridized carbons (Fsp3) is 0.154. The molecule has 102 valence electrons. The molecule has 1 amide bonds. The molecule has 0 radical (unpaired) electrons. The lowest BCUT2D eigenvalue weighted by Gasteiger charge is -2.10. The average molecular weight is 304 g/mol. The minimum atomic E-state index is -0.169. The summed E-state index contributed by atoms with van der Waals surface area (Å²) in [5.74, 6) is -0.169. The molecule has 0 fully saturated rings. The van der Waals surface area contributed by atoms with Gasteiger partial charge in [-0.25, -0.2) is 4.98 Å². The first-order valence-corrected chi connectivity index (χ1v) is 7.79. The molecular weight excluding hydrogens is 292 g/mol. The van der Waals surface area contributed by atoms with E-state index in [0.29, 0.717) is 5.69 Å². The van der Waals surface area contributed by atoms with Crippen LogP contribution in [0.5, 0.6) is 0 Å². The molecule has 0 saturated carbocycles. The predicted molar refractivity (Wildman–Crippen MR) is 79.9 cm³/mol. The highest BCUT2D eigenvalue weighted by Gasteiger charge is 2.15. The zero-order valence-electron chi connectivity index (χ0n) is 10.7. The molecule has 0 bridgehead atoms. The van der Waals surface area contributed by atoms with Crippen LogP contribution in [0.15, 0.2) is 35.3 Å². The zero-order chi connectivity index (χ0) is 13.9. The largest absolute Gasteiger partial charge is 0.344 e. The number of aromatic nitrogens is 3. The Bertz CT molecular complexity index is 688. The van der Waals surface area contributed by atoms with Crippen LogP contribution in [0.3, 0.4) is 0 Å². The van der Waals surface area contributed by atoms with Crippen LogP contribution in [-0.4, -0.2) is 21.1 Å². The van der Waals surface area contributed by atoms with Gasteiger partial charge in [0.1, 0.15) is 10.7 Å². The van der Waals surface area contributed by atoms with E-state index in [1.54, 1.807) is 29.1 Å². The van der Waals surface area contributed by atoms with E-state index < -0.39 is 0 Å². The summed E-state index contributed by atoms with van der Waals surface area (Å²) in [6.45, 7) is 1.91. The second-order valence-electron chi connectivity index (χ2n) is 4.24. The number of thiazole rings is 1. The highest BCUT2D eigenvalue weighted by atomic mass is 32.1. The number of nitrogens with zero attached hydrogens (tertiary/aromatic N) is 2. The van der Waals surface area contributed by atoms with Gasteiger partial charge in [-0.1, -0.05) is 6.07 Å². The van der Waals surface area contributed by atoms with Gasteiger partial charge in [0.25, 0.3) is 5.91 Å². The second-order valence-corrected chi connectivity index (χ2v) is 6.05. The van der Waals surface area contributed by atoms with Gasteiger partial charge < -0.3 is 5.32 Å². The summed E-state index contributed by atoms with van der Waals surface area (Å²) >= 11 is 3.10. The van der Waals surface area contributed by atoms with Crippen molar-refractivity contribution < 1.29 is 4.79 Å². The van der Waals surface area contributed by atoms with E-state index in [4.69, 9.17) is 0 Å². The fourth-order valence-corrected chi connectivity index (χ4v) is 3.36. The van der Waals surface area contributed by atoms with E-state index >= 15 is 0 Å². The van der Waals surface area contributed by atoms with Gasteiger partial charge in [0.2, 0.25) is 0 Å². The van der Waals surface area contributed by atoms with Crippen molar-refractivity contribution in [2.24, 2.45) is 0 Å². The maximum Gasteiger partial charge on any atom is 0.271 e. The Labute approximate surface area is 123 Å². The third kappa shape index (κ3) is 2.63. The minimum Gasteiger partial charge on any atom is -0.344 e. The Morgan fingerprint density at radius 1 is 1.45 bits per heavy atom. The van der Waals surface area contributed by atoms with E-state index in [1.165, 1.54) is 11.3 Å². The molecule has 0 aliphatic carbocycles. The number of nitrogens with one attached hydrogen (secondary N) is 2. The van der Waals surface area contributed by atoms with Crippen LogP contribution in [0, 0.1) is 0 Å². The number of aromatic amines is 1. The van der Waals surface area contributed by atoms with Gasteiger partial charge in [0, 0.05) is 17.1 Å². The third-order valence-electron chi connectivity index (χ3n) is 2.84. The lowest BCUT2D eigenvalue weighted by Crippen LogP contribution is -2.26. The minimum absolute atomic E-state index is 0.104. The Kier molecular flexibility index (Phi) is 3.62. The summed E-state index contributed by atoms with van der Waals surface area (Å²) < 4.78 is 0. The molecule has 0 aromatic carbocycles. The number of carbonyl (C=O) groups is 1. The SMILES string of the molecule is CC(NC(=O)c1csc(-c2cccs2)n1)c1cn[nH]c1. The molecule has 0 saturated heterocycles. The standard InChI is InChI=1S/C13H12N4OS2/c1-8(9-5-14-15-6-9)16-12(18)10-7-20-13(17-10)11-3-2-4-19-11/h2-8H,1H3,(H,14,15)(H,16,18). The number of amides is 1. The third-order valence-corrected chi connectivity index (χ3v) is 4.72. The van der Waals surface area contributed by atoms with Crippen LogP contribution in [0.2, 0.25) is 0 Å². The van der Waals surface area contributed by atoms with Crippen LogP contribution in [-0.2, 0) is 0 Å². The average Bonchev–Trinajstić information content (AvgIpc) is 3.19. The van der Waals surface area contributed by atoms with Crippen molar-refractivity contribution in [1.29, 1.82) is 0 Å². The molecule has 5 nitrogen and oxygen atoms in total. The molecule has 3 aromatic rings. The van der Waals surface area contributed by atoms with E-state index in [9.17, 15) is 4.79 Å². The van der Waals surface area contributed by atoms with Crippen molar-refractivity contribution in [3.05, 3.63) is 46.5 Å². The van der Waals surface area contributed by atoms with Gasteiger partial charge in [-0.2, -0.15) is 5.10 Å². The van der Waals surface area contributed by atoms with Crippen molar-refractivity contribution in [1.82, 2.24) is 20.5 Å². The summed E-state index contributed by atoms with van der Waals surface area (Å²) in [5, 5.41) is 14.2. The van der Waals surface area contributed by atoms with Crippen molar-refractivity contribution >= 4 is 28.6 Å². The van der Waals surface area contributed by atoms with Gasteiger partial charge in [0.05, 0.1) is 17.1 Å². The van der Waals surface area contributed by atoms with Gasteiger partial charge in [-0.3, -0.25) is 9.89 Å².